The summed E-state index contributed by atoms with van der Waals surface area (Å²) >= 11 is 0. The number of carbonyl (C=O) groups is 1. The number of ether oxygens (including phenoxy) is 1. The topological polar surface area (TPSA) is 26.3 Å². The van der Waals surface area contributed by atoms with Crippen LogP contribution in [0, 0.1) is 0 Å². The number of carbonyl (C=O) groups excluding carboxylic acids is 1. The van der Waals surface area contributed by atoms with E-state index in [4.69, 9.17) is 4.74 Å². The molecule has 0 saturated carbocycles. The largest absolute Gasteiger partial charge is 1.00 e. The molecule has 0 aromatic rings. The fourth-order valence-electron chi connectivity index (χ4n) is 1.45. The molecule has 0 saturated heterocycles. The Hall–Kier alpha value is 0.630. The molecule has 0 aliphatic heterocycles. The maximum absolute atomic E-state index is 10.5. The van der Waals surface area contributed by atoms with Gasteiger partial charge in [-0.25, -0.2) is 0 Å². The molecule has 1 unspecified atom stereocenters. The molecular formula is C12H25NaO2. The maximum Gasteiger partial charge on any atom is 1.00 e. The first-order valence-corrected chi connectivity index (χ1v) is 5.61. The quantitative estimate of drug-likeness (QED) is 0.357. The standard InChI is InChI=1S/C12H24O2.Na.H/c1-5-6-7-8-11(9-10-13)14-12(2,3)4;;/h10-11H,5-9H2,1-4H3;;/q;+1;-1. The van der Waals surface area contributed by atoms with Gasteiger partial charge in [-0.1, -0.05) is 26.2 Å². The predicted octanol–water partition coefficient (Wildman–Crippen LogP) is 0.456. The molecule has 0 heterocycles. The third-order valence-electron chi connectivity index (χ3n) is 2.01. The van der Waals surface area contributed by atoms with Crippen LogP contribution in [0.4, 0.5) is 0 Å². The number of hydrogen-bond donors (Lipinski definition) is 0. The summed E-state index contributed by atoms with van der Waals surface area (Å²) in [6.07, 6.45) is 6.20. The molecule has 0 amide bonds. The summed E-state index contributed by atoms with van der Waals surface area (Å²) < 4.78 is 5.79. The third-order valence-corrected chi connectivity index (χ3v) is 2.01. The molecule has 0 N–H and O–H groups in total. The first kappa shape index (κ1) is 18.0. The minimum absolute atomic E-state index is 0. The summed E-state index contributed by atoms with van der Waals surface area (Å²) in [5.41, 5.74) is -0.139. The molecule has 0 aliphatic rings. The van der Waals surface area contributed by atoms with E-state index in [2.05, 4.69) is 6.92 Å². The fourth-order valence-corrected chi connectivity index (χ4v) is 1.45. The van der Waals surface area contributed by atoms with E-state index in [1.54, 1.807) is 0 Å². The Morgan fingerprint density at radius 1 is 1.33 bits per heavy atom. The van der Waals surface area contributed by atoms with Gasteiger partial charge < -0.3 is 11.0 Å². The minimum Gasteiger partial charge on any atom is -1.00 e. The van der Waals surface area contributed by atoms with E-state index in [9.17, 15) is 4.79 Å². The van der Waals surface area contributed by atoms with Gasteiger partial charge in [-0.3, -0.25) is 0 Å². The van der Waals surface area contributed by atoms with Crippen molar-refractivity contribution in [3.63, 3.8) is 0 Å². The first-order valence-electron chi connectivity index (χ1n) is 5.61. The molecule has 0 spiro atoms. The summed E-state index contributed by atoms with van der Waals surface area (Å²) in [5, 5.41) is 0. The van der Waals surface area contributed by atoms with Crippen LogP contribution < -0.4 is 29.6 Å². The number of unbranched alkanes of at least 4 members (excludes halogenated alkanes) is 2. The van der Waals surface area contributed by atoms with E-state index >= 15 is 0 Å². The zero-order chi connectivity index (χ0) is 11.0. The average Bonchev–Trinajstić information content (AvgIpc) is 2.02. The monoisotopic (exact) mass is 224 g/mol. The predicted molar refractivity (Wildman–Crippen MR) is 60.6 cm³/mol. The second-order valence-corrected chi connectivity index (χ2v) is 4.75. The second kappa shape index (κ2) is 9.83. The summed E-state index contributed by atoms with van der Waals surface area (Å²) in [4.78, 5) is 10.5. The van der Waals surface area contributed by atoms with Crippen molar-refractivity contribution in [1.29, 1.82) is 0 Å². The van der Waals surface area contributed by atoms with Crippen LogP contribution in [0.15, 0.2) is 0 Å². The van der Waals surface area contributed by atoms with Crippen LogP contribution in [0.3, 0.4) is 0 Å². The Morgan fingerprint density at radius 2 is 1.93 bits per heavy atom. The molecule has 1 atom stereocenters. The van der Waals surface area contributed by atoms with E-state index in [0.717, 1.165) is 19.1 Å². The van der Waals surface area contributed by atoms with Crippen molar-refractivity contribution in [3.8, 4) is 0 Å². The molecule has 0 aliphatic carbocycles. The molecular weight excluding hydrogens is 199 g/mol. The van der Waals surface area contributed by atoms with Crippen molar-refractivity contribution in [2.24, 2.45) is 0 Å². The van der Waals surface area contributed by atoms with Gasteiger partial charge in [-0.2, -0.15) is 0 Å². The zero-order valence-corrected chi connectivity index (χ0v) is 13.0. The molecule has 0 bridgehead atoms. The summed E-state index contributed by atoms with van der Waals surface area (Å²) in [7, 11) is 0. The number of hydrogen-bond acceptors (Lipinski definition) is 2. The van der Waals surface area contributed by atoms with Crippen molar-refractivity contribution in [1.82, 2.24) is 0 Å². The van der Waals surface area contributed by atoms with Crippen LogP contribution in [-0.4, -0.2) is 18.0 Å². The van der Waals surface area contributed by atoms with Crippen molar-refractivity contribution >= 4 is 6.29 Å². The molecule has 86 valence electrons. The van der Waals surface area contributed by atoms with E-state index in [-0.39, 0.29) is 42.7 Å². The van der Waals surface area contributed by atoms with Gasteiger partial charge in [0.1, 0.15) is 6.29 Å². The van der Waals surface area contributed by atoms with E-state index < -0.39 is 0 Å². The Kier molecular flexibility index (Phi) is 11.8. The maximum atomic E-state index is 10.5. The fraction of sp³-hybridized carbons (Fsp3) is 0.917. The SMILES string of the molecule is CCCCCC(CC=O)OC(C)(C)C.[H-].[Na+]. The second-order valence-electron chi connectivity index (χ2n) is 4.75. The number of aldehydes is 1. The zero-order valence-electron chi connectivity index (χ0n) is 12.0. The van der Waals surface area contributed by atoms with Gasteiger partial charge in [0, 0.05) is 6.42 Å². The van der Waals surface area contributed by atoms with Crippen molar-refractivity contribution < 1.29 is 40.5 Å². The van der Waals surface area contributed by atoms with E-state index in [0.29, 0.717) is 6.42 Å². The van der Waals surface area contributed by atoms with Crippen LogP contribution >= 0.6 is 0 Å². The Bertz CT molecular complexity index is 158. The van der Waals surface area contributed by atoms with Gasteiger partial charge >= 0.3 is 29.6 Å². The average molecular weight is 224 g/mol. The summed E-state index contributed by atoms with van der Waals surface area (Å²) in [6.45, 7) is 8.28. The Morgan fingerprint density at radius 3 is 2.33 bits per heavy atom. The number of rotatable bonds is 7. The Labute approximate surface area is 118 Å². The van der Waals surface area contributed by atoms with Crippen LogP contribution in [0.2, 0.25) is 0 Å². The van der Waals surface area contributed by atoms with Crippen molar-refractivity contribution in [3.05, 3.63) is 0 Å². The molecule has 0 aromatic heterocycles. The van der Waals surface area contributed by atoms with Gasteiger partial charge in [0.15, 0.2) is 0 Å². The normalized spacial score (nSPS) is 13.1. The summed E-state index contributed by atoms with van der Waals surface area (Å²) in [6, 6.07) is 0. The van der Waals surface area contributed by atoms with Gasteiger partial charge in [-0.05, 0) is 27.2 Å². The molecule has 3 heteroatoms. The molecule has 0 fully saturated rings. The van der Waals surface area contributed by atoms with E-state index in [1.807, 2.05) is 20.8 Å². The van der Waals surface area contributed by atoms with Crippen molar-refractivity contribution in [2.75, 3.05) is 0 Å². The van der Waals surface area contributed by atoms with Gasteiger partial charge in [0.2, 0.25) is 0 Å². The van der Waals surface area contributed by atoms with E-state index in [1.165, 1.54) is 12.8 Å². The molecule has 0 rings (SSSR count). The molecule has 0 radical (unpaired) electrons. The molecule has 2 nitrogen and oxygen atoms in total. The van der Waals surface area contributed by atoms with Crippen LogP contribution in [0.5, 0.6) is 0 Å². The van der Waals surface area contributed by atoms with Crippen LogP contribution in [0.25, 0.3) is 0 Å². The first-order chi connectivity index (χ1) is 6.49. The molecule has 15 heavy (non-hydrogen) atoms. The molecule has 0 aromatic carbocycles. The smallest absolute Gasteiger partial charge is 1.00 e. The van der Waals surface area contributed by atoms with Crippen molar-refractivity contribution in [2.45, 2.75) is 71.5 Å². The minimum atomic E-state index is -0.139. The van der Waals surface area contributed by atoms with Crippen LogP contribution in [0.1, 0.15) is 61.2 Å². The Balaban J connectivity index is -0.000000845. The van der Waals surface area contributed by atoms with Gasteiger partial charge in [0.25, 0.3) is 0 Å². The van der Waals surface area contributed by atoms with Gasteiger partial charge in [0.05, 0.1) is 11.7 Å². The third kappa shape index (κ3) is 12.6. The summed E-state index contributed by atoms with van der Waals surface area (Å²) in [5.74, 6) is 0. The van der Waals surface area contributed by atoms with Crippen LogP contribution in [-0.2, 0) is 9.53 Å². The van der Waals surface area contributed by atoms with Gasteiger partial charge in [-0.15, -0.1) is 0 Å².